The molecular weight excluding hydrogens is 338 g/mol. The molecular formula is C15H18BrNO2S. The summed E-state index contributed by atoms with van der Waals surface area (Å²) in [7, 11) is -1.08. The molecule has 1 aromatic carbocycles. The first-order valence-corrected chi connectivity index (χ1v) is 8.60. The Morgan fingerprint density at radius 3 is 2.45 bits per heavy atom. The van der Waals surface area contributed by atoms with Crippen LogP contribution in [0.4, 0.5) is 0 Å². The van der Waals surface area contributed by atoms with Crippen LogP contribution in [0.5, 0.6) is 0 Å². The van der Waals surface area contributed by atoms with Gasteiger partial charge in [0.05, 0.1) is 23.1 Å². The third-order valence-electron chi connectivity index (χ3n) is 2.75. The maximum Gasteiger partial charge on any atom is 0.118 e. The lowest BCUT2D eigenvalue weighted by atomic mass is 10.3. The summed E-state index contributed by atoms with van der Waals surface area (Å²) in [5.74, 6) is 2.04. The van der Waals surface area contributed by atoms with E-state index in [2.05, 4.69) is 35.1 Å². The van der Waals surface area contributed by atoms with Crippen molar-refractivity contribution >= 4 is 26.7 Å². The van der Waals surface area contributed by atoms with Gasteiger partial charge >= 0.3 is 0 Å². The topological polar surface area (TPSA) is 42.2 Å². The molecule has 1 atom stereocenters. The lowest BCUT2D eigenvalue weighted by Crippen LogP contribution is -2.21. The van der Waals surface area contributed by atoms with E-state index in [0.717, 1.165) is 20.9 Å². The fourth-order valence-corrected chi connectivity index (χ4v) is 2.98. The summed E-state index contributed by atoms with van der Waals surface area (Å²) in [6.45, 7) is 4.88. The summed E-state index contributed by atoms with van der Waals surface area (Å²) in [5, 5.41) is 3.29. The number of nitrogens with one attached hydrogen (secondary N) is 1. The van der Waals surface area contributed by atoms with E-state index >= 15 is 0 Å². The SMILES string of the molecule is CC(C)NCc1ccc(CS(=O)c2ccc(Br)cc2)o1. The quantitative estimate of drug-likeness (QED) is 0.855. The van der Waals surface area contributed by atoms with Crippen LogP contribution in [0.2, 0.25) is 0 Å². The number of rotatable bonds is 6. The Morgan fingerprint density at radius 2 is 1.80 bits per heavy atom. The fraction of sp³-hybridized carbons (Fsp3) is 0.333. The minimum atomic E-state index is -1.08. The highest BCUT2D eigenvalue weighted by Crippen LogP contribution is 2.17. The number of halogens is 1. The van der Waals surface area contributed by atoms with E-state index in [4.69, 9.17) is 4.42 Å². The Labute approximate surface area is 130 Å². The summed E-state index contributed by atoms with van der Waals surface area (Å²) < 4.78 is 18.9. The van der Waals surface area contributed by atoms with Gasteiger partial charge in [-0.3, -0.25) is 4.21 Å². The van der Waals surface area contributed by atoms with Crippen molar-refractivity contribution in [2.24, 2.45) is 0 Å². The number of hydrogen-bond acceptors (Lipinski definition) is 3. The molecule has 5 heteroatoms. The maximum absolute atomic E-state index is 12.2. The minimum absolute atomic E-state index is 0.406. The molecule has 2 aromatic rings. The predicted molar refractivity (Wildman–Crippen MR) is 84.9 cm³/mol. The molecule has 0 aliphatic carbocycles. The van der Waals surface area contributed by atoms with Gasteiger partial charge in [0, 0.05) is 15.4 Å². The average molecular weight is 356 g/mol. The molecule has 1 unspecified atom stereocenters. The molecule has 1 heterocycles. The van der Waals surface area contributed by atoms with Crippen molar-refractivity contribution in [2.75, 3.05) is 0 Å². The predicted octanol–water partition coefficient (Wildman–Crippen LogP) is 3.85. The first kappa shape index (κ1) is 15.5. The van der Waals surface area contributed by atoms with Crippen molar-refractivity contribution < 1.29 is 8.63 Å². The van der Waals surface area contributed by atoms with Crippen LogP contribution in [-0.2, 0) is 23.1 Å². The molecule has 0 saturated heterocycles. The first-order chi connectivity index (χ1) is 9.54. The molecule has 0 fully saturated rings. The zero-order valence-electron chi connectivity index (χ0n) is 11.6. The summed E-state index contributed by atoms with van der Waals surface area (Å²) in [6.07, 6.45) is 0. The first-order valence-electron chi connectivity index (χ1n) is 6.49. The van der Waals surface area contributed by atoms with Crippen LogP contribution in [0.1, 0.15) is 25.4 Å². The molecule has 0 bridgehead atoms. The summed E-state index contributed by atoms with van der Waals surface area (Å²) >= 11 is 3.37. The second kappa shape index (κ2) is 7.20. The van der Waals surface area contributed by atoms with Crippen molar-refractivity contribution in [1.29, 1.82) is 0 Å². The molecule has 0 radical (unpaired) electrons. The van der Waals surface area contributed by atoms with E-state index in [1.165, 1.54) is 0 Å². The van der Waals surface area contributed by atoms with Gasteiger partial charge in [-0.05, 0) is 36.4 Å². The summed E-state index contributed by atoms with van der Waals surface area (Å²) in [4.78, 5) is 0.812. The van der Waals surface area contributed by atoms with E-state index < -0.39 is 10.8 Å². The van der Waals surface area contributed by atoms with E-state index in [-0.39, 0.29) is 0 Å². The number of hydrogen-bond donors (Lipinski definition) is 1. The fourth-order valence-electron chi connectivity index (χ4n) is 1.70. The molecule has 0 aliphatic heterocycles. The monoisotopic (exact) mass is 355 g/mol. The van der Waals surface area contributed by atoms with Gasteiger partial charge in [0.25, 0.3) is 0 Å². The van der Waals surface area contributed by atoms with Gasteiger partial charge < -0.3 is 9.73 Å². The zero-order valence-corrected chi connectivity index (χ0v) is 14.0. The van der Waals surface area contributed by atoms with Gasteiger partial charge in [-0.25, -0.2) is 0 Å². The molecule has 1 aromatic heterocycles. The lowest BCUT2D eigenvalue weighted by molar-refractivity contribution is 0.445. The second-order valence-corrected chi connectivity index (χ2v) is 7.21. The lowest BCUT2D eigenvalue weighted by Gasteiger charge is -2.05. The van der Waals surface area contributed by atoms with Crippen LogP contribution in [0.3, 0.4) is 0 Å². The summed E-state index contributed by atoms with van der Waals surface area (Å²) in [5.41, 5.74) is 0. The molecule has 0 saturated carbocycles. The molecule has 3 nitrogen and oxygen atoms in total. The number of furan rings is 1. The smallest absolute Gasteiger partial charge is 0.118 e. The third kappa shape index (κ3) is 4.58. The van der Waals surface area contributed by atoms with Crippen LogP contribution in [-0.4, -0.2) is 10.3 Å². The largest absolute Gasteiger partial charge is 0.464 e. The molecule has 20 heavy (non-hydrogen) atoms. The highest BCUT2D eigenvalue weighted by atomic mass is 79.9. The molecule has 1 N–H and O–H groups in total. The molecule has 2 rings (SSSR count). The molecule has 0 aliphatic rings. The van der Waals surface area contributed by atoms with Gasteiger partial charge in [0.15, 0.2) is 0 Å². The van der Waals surface area contributed by atoms with Crippen LogP contribution in [0, 0.1) is 0 Å². The maximum atomic E-state index is 12.2. The van der Waals surface area contributed by atoms with Gasteiger partial charge in [-0.1, -0.05) is 29.8 Å². The van der Waals surface area contributed by atoms with E-state index in [0.29, 0.717) is 18.3 Å². The average Bonchev–Trinajstić information content (AvgIpc) is 2.84. The van der Waals surface area contributed by atoms with Gasteiger partial charge in [-0.2, -0.15) is 0 Å². The zero-order chi connectivity index (χ0) is 14.5. The van der Waals surface area contributed by atoms with Crippen molar-refractivity contribution in [3.05, 3.63) is 52.4 Å². The van der Waals surface area contributed by atoms with Gasteiger partial charge in [-0.15, -0.1) is 0 Å². The standard InChI is InChI=1S/C15H18BrNO2S/c1-11(2)17-9-13-5-6-14(19-13)10-20(18)15-7-3-12(16)4-8-15/h3-8,11,17H,9-10H2,1-2H3. The minimum Gasteiger partial charge on any atom is -0.464 e. The Hall–Kier alpha value is -0.910. The normalized spacial score (nSPS) is 12.8. The Kier molecular flexibility index (Phi) is 5.57. The van der Waals surface area contributed by atoms with Crippen LogP contribution >= 0.6 is 15.9 Å². The molecule has 0 spiro atoms. The van der Waals surface area contributed by atoms with Crippen LogP contribution in [0.15, 0.2) is 50.2 Å². The highest BCUT2D eigenvalue weighted by molar-refractivity contribution is 9.10. The van der Waals surface area contributed by atoms with Crippen LogP contribution in [0.25, 0.3) is 0 Å². The third-order valence-corrected chi connectivity index (χ3v) is 4.63. The molecule has 0 amide bonds. The van der Waals surface area contributed by atoms with Gasteiger partial charge in [0.1, 0.15) is 11.5 Å². The van der Waals surface area contributed by atoms with Crippen molar-refractivity contribution in [3.63, 3.8) is 0 Å². The van der Waals surface area contributed by atoms with Gasteiger partial charge in [0.2, 0.25) is 0 Å². The van der Waals surface area contributed by atoms with Crippen molar-refractivity contribution in [3.8, 4) is 0 Å². The second-order valence-electron chi connectivity index (χ2n) is 4.85. The van der Waals surface area contributed by atoms with Crippen molar-refractivity contribution in [1.82, 2.24) is 5.32 Å². The molecule has 108 valence electrons. The van der Waals surface area contributed by atoms with E-state index in [1.807, 2.05) is 36.4 Å². The van der Waals surface area contributed by atoms with E-state index in [9.17, 15) is 4.21 Å². The Balaban J connectivity index is 1.96. The Morgan fingerprint density at radius 1 is 1.15 bits per heavy atom. The summed E-state index contributed by atoms with van der Waals surface area (Å²) in [6, 6.07) is 11.8. The van der Waals surface area contributed by atoms with E-state index in [1.54, 1.807) is 0 Å². The Bertz CT molecular complexity index is 578. The highest BCUT2D eigenvalue weighted by Gasteiger charge is 2.09. The number of benzene rings is 1. The van der Waals surface area contributed by atoms with Crippen molar-refractivity contribution in [2.45, 2.75) is 37.1 Å². The van der Waals surface area contributed by atoms with Crippen LogP contribution < -0.4 is 5.32 Å².